The van der Waals surface area contributed by atoms with E-state index in [1.807, 2.05) is 25.1 Å². The van der Waals surface area contributed by atoms with E-state index in [2.05, 4.69) is 9.71 Å². The van der Waals surface area contributed by atoms with Gasteiger partial charge in [0.05, 0.1) is 18.2 Å². The number of furan rings is 1. The van der Waals surface area contributed by atoms with Gasteiger partial charge >= 0.3 is 0 Å². The molecule has 0 bridgehead atoms. The summed E-state index contributed by atoms with van der Waals surface area (Å²) in [6.07, 6.45) is 4.42. The second-order valence-corrected chi connectivity index (χ2v) is 7.84. The van der Waals surface area contributed by atoms with Crippen molar-refractivity contribution in [1.82, 2.24) is 4.98 Å². The molecule has 0 saturated heterocycles. The zero-order valence-electron chi connectivity index (χ0n) is 12.0. The standard InChI is InChI=1S/C15H14N2O3S2/c1-10-14(16-15(21-10)12-7-8-20-9-12)11-3-5-13(6-4-11)17-22(2,18)19/h3-9,17H,1-2H3. The molecular weight excluding hydrogens is 320 g/mol. The van der Waals surface area contributed by atoms with Crippen molar-refractivity contribution in [2.45, 2.75) is 6.92 Å². The SMILES string of the molecule is Cc1sc(-c2ccoc2)nc1-c1ccc(NS(C)(=O)=O)cc1. The second-order valence-electron chi connectivity index (χ2n) is 4.89. The normalized spacial score (nSPS) is 11.5. The van der Waals surface area contributed by atoms with Crippen molar-refractivity contribution in [3.63, 3.8) is 0 Å². The summed E-state index contributed by atoms with van der Waals surface area (Å²) < 4.78 is 30.0. The maximum atomic E-state index is 11.2. The third kappa shape index (κ3) is 3.20. The van der Waals surface area contributed by atoms with Gasteiger partial charge in [0.15, 0.2) is 0 Å². The number of thiazole rings is 1. The lowest BCUT2D eigenvalue weighted by molar-refractivity contribution is 0.568. The van der Waals surface area contributed by atoms with E-state index in [1.54, 1.807) is 36.0 Å². The Balaban J connectivity index is 1.91. The Morgan fingerprint density at radius 1 is 1.14 bits per heavy atom. The van der Waals surface area contributed by atoms with E-state index in [9.17, 15) is 8.42 Å². The van der Waals surface area contributed by atoms with Crippen LogP contribution in [-0.2, 0) is 10.0 Å². The highest BCUT2D eigenvalue weighted by atomic mass is 32.2. The minimum absolute atomic E-state index is 0.536. The van der Waals surface area contributed by atoms with Crippen LogP contribution in [0.3, 0.4) is 0 Å². The van der Waals surface area contributed by atoms with Gasteiger partial charge in [-0.05, 0) is 25.1 Å². The number of benzene rings is 1. The molecule has 0 atom stereocenters. The Labute approximate surface area is 132 Å². The summed E-state index contributed by atoms with van der Waals surface area (Å²) >= 11 is 1.60. The number of rotatable bonds is 4. The van der Waals surface area contributed by atoms with Crippen molar-refractivity contribution in [3.05, 3.63) is 47.7 Å². The number of nitrogens with one attached hydrogen (secondary N) is 1. The average molecular weight is 334 g/mol. The minimum atomic E-state index is -3.26. The van der Waals surface area contributed by atoms with Crippen molar-refractivity contribution in [2.24, 2.45) is 0 Å². The number of sulfonamides is 1. The Morgan fingerprint density at radius 2 is 1.86 bits per heavy atom. The van der Waals surface area contributed by atoms with Crippen molar-refractivity contribution < 1.29 is 12.8 Å². The first kappa shape index (κ1) is 14.8. The van der Waals surface area contributed by atoms with Crippen LogP contribution < -0.4 is 4.72 Å². The van der Waals surface area contributed by atoms with Gasteiger partial charge in [0.25, 0.3) is 0 Å². The number of anilines is 1. The topological polar surface area (TPSA) is 72.2 Å². The average Bonchev–Trinajstić information content (AvgIpc) is 3.07. The number of nitrogens with zero attached hydrogens (tertiary/aromatic N) is 1. The van der Waals surface area contributed by atoms with Crippen LogP contribution in [0, 0.1) is 6.92 Å². The van der Waals surface area contributed by atoms with Crippen LogP contribution in [0.2, 0.25) is 0 Å². The summed E-state index contributed by atoms with van der Waals surface area (Å²) in [7, 11) is -3.26. The molecule has 7 heteroatoms. The van der Waals surface area contributed by atoms with Crippen molar-refractivity contribution in [2.75, 3.05) is 11.0 Å². The lowest BCUT2D eigenvalue weighted by Gasteiger charge is -2.04. The van der Waals surface area contributed by atoms with Crippen LogP contribution in [0.5, 0.6) is 0 Å². The summed E-state index contributed by atoms with van der Waals surface area (Å²) in [5, 5.41) is 0.902. The minimum Gasteiger partial charge on any atom is -0.472 e. The monoisotopic (exact) mass is 334 g/mol. The molecule has 2 heterocycles. The maximum Gasteiger partial charge on any atom is 0.229 e. The highest BCUT2D eigenvalue weighted by Crippen LogP contribution is 2.33. The van der Waals surface area contributed by atoms with Gasteiger partial charge in [0, 0.05) is 21.7 Å². The summed E-state index contributed by atoms with van der Waals surface area (Å²) in [4.78, 5) is 5.74. The largest absolute Gasteiger partial charge is 0.472 e. The molecule has 0 aliphatic carbocycles. The van der Waals surface area contributed by atoms with E-state index in [0.29, 0.717) is 5.69 Å². The molecule has 1 aromatic carbocycles. The second kappa shape index (κ2) is 5.58. The lowest BCUT2D eigenvalue weighted by Crippen LogP contribution is -2.09. The smallest absolute Gasteiger partial charge is 0.229 e. The Bertz CT molecular complexity index is 880. The molecule has 1 N–H and O–H groups in total. The number of aromatic nitrogens is 1. The fraction of sp³-hybridized carbons (Fsp3) is 0.133. The van der Waals surface area contributed by atoms with Crippen molar-refractivity contribution in [1.29, 1.82) is 0 Å². The summed E-state index contributed by atoms with van der Waals surface area (Å²) in [6, 6.07) is 9.05. The van der Waals surface area contributed by atoms with Gasteiger partial charge < -0.3 is 4.42 Å². The van der Waals surface area contributed by atoms with Crippen molar-refractivity contribution >= 4 is 27.0 Å². The van der Waals surface area contributed by atoms with Crippen LogP contribution in [0.15, 0.2) is 47.3 Å². The highest BCUT2D eigenvalue weighted by molar-refractivity contribution is 7.92. The number of hydrogen-bond donors (Lipinski definition) is 1. The lowest BCUT2D eigenvalue weighted by atomic mass is 10.1. The quantitative estimate of drug-likeness (QED) is 0.788. The molecule has 0 fully saturated rings. The molecule has 0 aliphatic rings. The predicted molar refractivity (Wildman–Crippen MR) is 88.5 cm³/mol. The molecule has 3 aromatic rings. The number of aryl methyl sites for hydroxylation is 1. The highest BCUT2D eigenvalue weighted by Gasteiger charge is 2.12. The zero-order valence-corrected chi connectivity index (χ0v) is 13.7. The molecule has 3 rings (SSSR count). The van der Waals surface area contributed by atoms with Gasteiger partial charge in [-0.2, -0.15) is 0 Å². The molecule has 0 amide bonds. The molecule has 114 valence electrons. The third-order valence-corrected chi connectivity index (χ3v) is 4.65. The fourth-order valence-corrected chi connectivity index (χ4v) is 3.57. The number of hydrogen-bond acceptors (Lipinski definition) is 5. The van der Waals surface area contributed by atoms with Crippen LogP contribution in [0.25, 0.3) is 21.8 Å². The third-order valence-electron chi connectivity index (χ3n) is 3.03. The molecule has 0 unspecified atom stereocenters. The van der Waals surface area contributed by atoms with Gasteiger partial charge in [0.1, 0.15) is 11.3 Å². The molecule has 0 saturated carbocycles. The first-order valence-electron chi connectivity index (χ1n) is 6.50. The van der Waals surface area contributed by atoms with Crippen LogP contribution in [-0.4, -0.2) is 19.7 Å². The molecule has 0 aliphatic heterocycles. The zero-order chi connectivity index (χ0) is 15.7. The predicted octanol–water partition coefficient (Wildman–Crippen LogP) is 3.75. The van der Waals surface area contributed by atoms with Gasteiger partial charge in [-0.15, -0.1) is 11.3 Å². The van der Waals surface area contributed by atoms with Gasteiger partial charge in [0.2, 0.25) is 10.0 Å². The first-order valence-corrected chi connectivity index (χ1v) is 9.21. The first-order chi connectivity index (χ1) is 10.4. The molecule has 5 nitrogen and oxygen atoms in total. The van der Waals surface area contributed by atoms with E-state index in [-0.39, 0.29) is 0 Å². The van der Waals surface area contributed by atoms with Gasteiger partial charge in [-0.1, -0.05) is 12.1 Å². The summed E-state index contributed by atoms with van der Waals surface area (Å²) in [5.74, 6) is 0. The summed E-state index contributed by atoms with van der Waals surface area (Å²) in [6.45, 7) is 2.01. The van der Waals surface area contributed by atoms with Gasteiger partial charge in [-0.25, -0.2) is 13.4 Å². The van der Waals surface area contributed by atoms with E-state index < -0.39 is 10.0 Å². The van der Waals surface area contributed by atoms with E-state index in [0.717, 1.165) is 33.0 Å². The van der Waals surface area contributed by atoms with Crippen LogP contribution in [0.1, 0.15) is 4.88 Å². The molecule has 0 spiro atoms. The molecule has 22 heavy (non-hydrogen) atoms. The maximum absolute atomic E-state index is 11.2. The van der Waals surface area contributed by atoms with E-state index >= 15 is 0 Å². The van der Waals surface area contributed by atoms with E-state index in [4.69, 9.17) is 4.42 Å². The van der Waals surface area contributed by atoms with E-state index in [1.165, 1.54) is 0 Å². The Kier molecular flexibility index (Phi) is 3.76. The fourth-order valence-electron chi connectivity index (χ4n) is 2.08. The molecular formula is C15H14N2O3S2. The van der Waals surface area contributed by atoms with Crippen molar-refractivity contribution in [3.8, 4) is 21.8 Å². The summed E-state index contributed by atoms with van der Waals surface area (Å²) in [5.41, 5.74) is 3.33. The molecule has 2 aromatic heterocycles. The Morgan fingerprint density at radius 3 is 2.45 bits per heavy atom. The van der Waals surface area contributed by atoms with Crippen LogP contribution in [0.4, 0.5) is 5.69 Å². The van der Waals surface area contributed by atoms with Gasteiger partial charge in [-0.3, -0.25) is 4.72 Å². The molecule has 0 radical (unpaired) electrons. The Hall–Kier alpha value is -2.12. The van der Waals surface area contributed by atoms with Crippen LogP contribution >= 0.6 is 11.3 Å².